The number of amides is 2. The highest BCUT2D eigenvalue weighted by molar-refractivity contribution is 5.85. The molecule has 1 saturated carbocycles. The highest BCUT2D eigenvalue weighted by Gasteiger charge is 2.34. The molecule has 1 heterocycles. The number of carbonyl (C=O) groups is 2. The SMILES string of the molecule is CCC(C)C(=O)N1CCCC(C(=O)NC(CN)C2CC2)C1.Cl. The topological polar surface area (TPSA) is 75.4 Å². The van der Waals surface area contributed by atoms with Gasteiger partial charge in [0, 0.05) is 31.6 Å². The van der Waals surface area contributed by atoms with Gasteiger partial charge in [0.15, 0.2) is 0 Å². The van der Waals surface area contributed by atoms with E-state index in [-0.39, 0.29) is 42.1 Å². The molecule has 3 N–H and O–H groups in total. The van der Waals surface area contributed by atoms with E-state index in [4.69, 9.17) is 5.73 Å². The lowest BCUT2D eigenvalue weighted by molar-refractivity contribution is -0.139. The summed E-state index contributed by atoms with van der Waals surface area (Å²) < 4.78 is 0. The molecule has 0 spiro atoms. The summed E-state index contributed by atoms with van der Waals surface area (Å²) in [7, 11) is 0. The number of nitrogens with zero attached hydrogens (tertiary/aromatic N) is 1. The van der Waals surface area contributed by atoms with E-state index >= 15 is 0 Å². The first-order valence-corrected chi connectivity index (χ1v) is 8.36. The first-order valence-electron chi connectivity index (χ1n) is 8.36. The Balaban J connectivity index is 0.00000242. The molecule has 6 heteroatoms. The Hall–Kier alpha value is -0.810. The molecule has 0 aromatic carbocycles. The van der Waals surface area contributed by atoms with E-state index in [0.717, 1.165) is 25.8 Å². The Bertz CT molecular complexity index is 388. The smallest absolute Gasteiger partial charge is 0.225 e. The van der Waals surface area contributed by atoms with Gasteiger partial charge in [-0.3, -0.25) is 9.59 Å². The number of hydrogen-bond donors (Lipinski definition) is 2. The van der Waals surface area contributed by atoms with Gasteiger partial charge in [-0.15, -0.1) is 12.4 Å². The Morgan fingerprint density at radius 3 is 2.55 bits per heavy atom. The normalized spacial score (nSPS) is 24.1. The molecule has 1 aliphatic carbocycles. The highest BCUT2D eigenvalue weighted by atomic mass is 35.5. The maximum Gasteiger partial charge on any atom is 0.225 e. The first-order chi connectivity index (χ1) is 10.1. The molecule has 1 saturated heterocycles. The van der Waals surface area contributed by atoms with Gasteiger partial charge in [-0.25, -0.2) is 0 Å². The van der Waals surface area contributed by atoms with Crippen molar-refractivity contribution >= 4 is 24.2 Å². The van der Waals surface area contributed by atoms with Crippen LogP contribution in [0.2, 0.25) is 0 Å². The fourth-order valence-electron chi connectivity index (χ4n) is 3.05. The Kier molecular flexibility index (Phi) is 7.63. The van der Waals surface area contributed by atoms with E-state index in [1.54, 1.807) is 0 Å². The van der Waals surface area contributed by atoms with Gasteiger partial charge in [-0.05, 0) is 38.0 Å². The van der Waals surface area contributed by atoms with Crippen molar-refractivity contribution in [3.63, 3.8) is 0 Å². The minimum atomic E-state index is -0.0699. The van der Waals surface area contributed by atoms with E-state index < -0.39 is 0 Å². The molecule has 2 amide bonds. The number of nitrogens with one attached hydrogen (secondary N) is 1. The maximum atomic E-state index is 12.4. The zero-order chi connectivity index (χ0) is 15.4. The second kappa shape index (κ2) is 8.73. The van der Waals surface area contributed by atoms with Crippen molar-refractivity contribution in [3.05, 3.63) is 0 Å². The number of nitrogens with two attached hydrogens (primary N) is 1. The summed E-state index contributed by atoms with van der Waals surface area (Å²) in [5.41, 5.74) is 5.75. The summed E-state index contributed by atoms with van der Waals surface area (Å²) in [5.74, 6) is 0.821. The molecule has 3 atom stereocenters. The number of rotatable bonds is 6. The van der Waals surface area contributed by atoms with Crippen LogP contribution in [0.15, 0.2) is 0 Å². The van der Waals surface area contributed by atoms with Crippen molar-refractivity contribution in [2.24, 2.45) is 23.5 Å². The molecule has 128 valence electrons. The van der Waals surface area contributed by atoms with Crippen LogP contribution in [0.25, 0.3) is 0 Å². The average Bonchev–Trinajstić information content (AvgIpc) is 3.35. The van der Waals surface area contributed by atoms with E-state index in [9.17, 15) is 9.59 Å². The third kappa shape index (κ3) is 4.85. The van der Waals surface area contributed by atoms with Crippen LogP contribution < -0.4 is 11.1 Å². The van der Waals surface area contributed by atoms with Crippen molar-refractivity contribution in [2.45, 2.75) is 52.0 Å². The quantitative estimate of drug-likeness (QED) is 0.775. The van der Waals surface area contributed by atoms with Crippen LogP contribution in [0.5, 0.6) is 0 Å². The van der Waals surface area contributed by atoms with Crippen LogP contribution in [0.1, 0.15) is 46.0 Å². The van der Waals surface area contributed by atoms with Crippen molar-refractivity contribution in [3.8, 4) is 0 Å². The van der Waals surface area contributed by atoms with E-state index in [1.165, 1.54) is 12.8 Å². The van der Waals surface area contributed by atoms with Gasteiger partial charge in [0.1, 0.15) is 0 Å². The number of carbonyl (C=O) groups excluding carboxylic acids is 2. The zero-order valence-electron chi connectivity index (χ0n) is 13.7. The predicted octanol–water partition coefficient (Wildman–Crippen LogP) is 1.55. The van der Waals surface area contributed by atoms with Crippen LogP contribution in [0.4, 0.5) is 0 Å². The molecule has 3 unspecified atom stereocenters. The third-order valence-electron chi connectivity index (χ3n) is 4.91. The number of hydrogen-bond acceptors (Lipinski definition) is 3. The highest BCUT2D eigenvalue weighted by Crippen LogP contribution is 2.32. The first kappa shape index (κ1) is 19.2. The van der Waals surface area contributed by atoms with Gasteiger partial charge in [-0.1, -0.05) is 13.8 Å². The van der Waals surface area contributed by atoms with Crippen LogP contribution in [-0.4, -0.2) is 42.4 Å². The maximum absolute atomic E-state index is 12.4. The Morgan fingerprint density at radius 2 is 2.00 bits per heavy atom. The van der Waals surface area contributed by atoms with E-state index in [2.05, 4.69) is 5.32 Å². The minimum Gasteiger partial charge on any atom is -0.352 e. The molecule has 22 heavy (non-hydrogen) atoms. The van der Waals surface area contributed by atoms with Gasteiger partial charge in [0.25, 0.3) is 0 Å². The average molecular weight is 332 g/mol. The van der Waals surface area contributed by atoms with Crippen LogP contribution in [-0.2, 0) is 9.59 Å². The van der Waals surface area contributed by atoms with Gasteiger partial charge in [-0.2, -0.15) is 0 Å². The molecule has 2 rings (SSSR count). The largest absolute Gasteiger partial charge is 0.352 e. The van der Waals surface area contributed by atoms with Crippen LogP contribution in [0.3, 0.4) is 0 Å². The molecule has 1 aliphatic heterocycles. The number of halogens is 1. The van der Waals surface area contributed by atoms with E-state index in [0.29, 0.717) is 19.0 Å². The van der Waals surface area contributed by atoms with Crippen LogP contribution in [0, 0.1) is 17.8 Å². The lowest BCUT2D eigenvalue weighted by Gasteiger charge is -2.34. The van der Waals surface area contributed by atoms with Gasteiger partial charge in [0.05, 0.1) is 5.92 Å². The third-order valence-corrected chi connectivity index (χ3v) is 4.91. The standard InChI is InChI=1S/C16H29N3O2.ClH/c1-3-11(2)16(21)19-8-4-5-13(10-19)15(20)18-14(9-17)12-6-7-12;/h11-14H,3-10,17H2,1-2H3,(H,18,20);1H. The van der Waals surface area contributed by atoms with Gasteiger partial charge in [0.2, 0.25) is 11.8 Å². The summed E-state index contributed by atoms with van der Waals surface area (Å²) in [6.07, 6.45) is 4.98. The second-order valence-corrected chi connectivity index (χ2v) is 6.62. The molecular weight excluding hydrogens is 302 g/mol. The van der Waals surface area contributed by atoms with Crippen molar-refractivity contribution in [1.29, 1.82) is 0 Å². The van der Waals surface area contributed by atoms with Crippen molar-refractivity contribution in [1.82, 2.24) is 10.2 Å². The Labute approximate surface area is 139 Å². The van der Waals surface area contributed by atoms with Gasteiger partial charge < -0.3 is 16.0 Å². The summed E-state index contributed by atoms with van der Waals surface area (Å²) in [6, 6.07) is 0.123. The molecule has 0 aromatic rings. The lowest BCUT2D eigenvalue weighted by Crippen LogP contribution is -2.50. The van der Waals surface area contributed by atoms with Crippen LogP contribution >= 0.6 is 12.4 Å². The van der Waals surface area contributed by atoms with E-state index in [1.807, 2.05) is 18.7 Å². The predicted molar refractivity (Wildman–Crippen MR) is 89.7 cm³/mol. The molecule has 0 aromatic heterocycles. The number of likely N-dealkylation sites (tertiary alicyclic amines) is 1. The monoisotopic (exact) mass is 331 g/mol. The number of piperidine rings is 1. The fraction of sp³-hybridized carbons (Fsp3) is 0.875. The summed E-state index contributed by atoms with van der Waals surface area (Å²) in [4.78, 5) is 26.5. The Morgan fingerprint density at radius 1 is 1.32 bits per heavy atom. The van der Waals surface area contributed by atoms with Crippen molar-refractivity contribution in [2.75, 3.05) is 19.6 Å². The molecule has 2 fully saturated rings. The lowest BCUT2D eigenvalue weighted by atomic mass is 9.95. The zero-order valence-corrected chi connectivity index (χ0v) is 14.5. The fourth-order valence-corrected chi connectivity index (χ4v) is 3.05. The molecule has 0 bridgehead atoms. The summed E-state index contributed by atoms with van der Waals surface area (Å²) in [6.45, 7) is 5.85. The summed E-state index contributed by atoms with van der Waals surface area (Å²) in [5, 5.41) is 3.10. The molecular formula is C16H30ClN3O2. The minimum absolute atomic E-state index is 0. The second-order valence-electron chi connectivity index (χ2n) is 6.62. The van der Waals surface area contributed by atoms with Crippen molar-refractivity contribution < 1.29 is 9.59 Å². The van der Waals surface area contributed by atoms with Gasteiger partial charge >= 0.3 is 0 Å². The molecule has 0 radical (unpaired) electrons. The molecule has 2 aliphatic rings. The molecule has 5 nitrogen and oxygen atoms in total. The summed E-state index contributed by atoms with van der Waals surface area (Å²) >= 11 is 0.